The van der Waals surface area contributed by atoms with Gasteiger partial charge in [-0.05, 0) is 54.1 Å². The fourth-order valence-corrected chi connectivity index (χ4v) is 6.14. The van der Waals surface area contributed by atoms with Gasteiger partial charge in [-0.1, -0.05) is 78.9 Å². The second-order valence-electron chi connectivity index (χ2n) is 10.2. The fraction of sp³-hybridized carbons (Fsp3) is 0.0270. The molecule has 1 atom stereocenters. The third-order valence-corrected chi connectivity index (χ3v) is 8.82. The molecule has 0 unspecified atom stereocenters. The van der Waals surface area contributed by atoms with Crippen LogP contribution in [0.15, 0.2) is 154 Å². The highest BCUT2D eigenvalue weighted by molar-refractivity contribution is 8.00. The number of thioether (sulfide) groups is 1. The molecule has 0 fully saturated rings. The molecule has 3 amide bonds. The number of carbonyl (C=O) groups excluding carboxylic acids is 3. The summed E-state index contributed by atoms with van der Waals surface area (Å²) < 4.78 is 5.98. The van der Waals surface area contributed by atoms with Gasteiger partial charge in [0.2, 0.25) is 5.91 Å². The molecule has 0 aliphatic carbocycles. The Bertz CT molecular complexity index is 1980. The van der Waals surface area contributed by atoms with E-state index in [-0.39, 0.29) is 11.6 Å². The zero-order valence-electron chi connectivity index (χ0n) is 24.8. The molecule has 0 bridgehead atoms. The molecule has 0 aliphatic heterocycles. The van der Waals surface area contributed by atoms with Crippen molar-refractivity contribution >= 4 is 57.7 Å². The van der Waals surface area contributed by atoms with Crippen molar-refractivity contribution in [3.05, 3.63) is 162 Å². The maximum absolute atomic E-state index is 13.6. The largest absolute Gasteiger partial charge is 0.457 e. The summed E-state index contributed by atoms with van der Waals surface area (Å²) in [5, 5.41) is 10.3. The molecule has 10 heteroatoms. The molecule has 3 N–H and O–H groups in total. The van der Waals surface area contributed by atoms with Crippen LogP contribution in [0.1, 0.15) is 26.9 Å². The quantitative estimate of drug-likeness (QED) is 0.0956. The number of furan rings is 1. The smallest absolute Gasteiger partial charge is 0.272 e. The van der Waals surface area contributed by atoms with Gasteiger partial charge in [0.1, 0.15) is 22.5 Å². The van der Waals surface area contributed by atoms with Crippen LogP contribution in [0.5, 0.6) is 0 Å². The Kier molecular flexibility index (Phi) is 10.0. The van der Waals surface area contributed by atoms with Crippen molar-refractivity contribution in [2.45, 2.75) is 10.1 Å². The van der Waals surface area contributed by atoms with E-state index >= 15 is 0 Å². The molecule has 6 rings (SSSR count). The lowest BCUT2D eigenvalue weighted by atomic mass is 10.1. The first kappa shape index (κ1) is 31.3. The molecule has 4 aromatic carbocycles. The van der Waals surface area contributed by atoms with Crippen molar-refractivity contribution in [2.75, 3.05) is 10.6 Å². The van der Waals surface area contributed by atoms with Gasteiger partial charge in [-0.3, -0.25) is 14.4 Å². The molecular formula is C37H28N4O4S2. The van der Waals surface area contributed by atoms with E-state index in [1.54, 1.807) is 54.0 Å². The Morgan fingerprint density at radius 2 is 1.45 bits per heavy atom. The van der Waals surface area contributed by atoms with Crippen LogP contribution in [-0.2, 0) is 9.59 Å². The summed E-state index contributed by atoms with van der Waals surface area (Å²) >= 11 is 2.74. The van der Waals surface area contributed by atoms with E-state index in [4.69, 9.17) is 4.42 Å². The Morgan fingerprint density at radius 1 is 0.766 bits per heavy atom. The second-order valence-corrected chi connectivity index (χ2v) is 12.2. The lowest BCUT2D eigenvalue weighted by Gasteiger charge is -2.16. The number of benzene rings is 4. The number of nitrogens with one attached hydrogen (secondary N) is 3. The molecular weight excluding hydrogens is 629 g/mol. The first-order valence-electron chi connectivity index (χ1n) is 14.6. The van der Waals surface area contributed by atoms with Gasteiger partial charge >= 0.3 is 0 Å². The molecule has 47 heavy (non-hydrogen) atoms. The number of thiazole rings is 1. The Hall–Kier alpha value is -5.71. The summed E-state index contributed by atoms with van der Waals surface area (Å²) in [5.41, 5.74) is 2.66. The van der Waals surface area contributed by atoms with Gasteiger partial charge in [-0.15, -0.1) is 23.1 Å². The number of carbonyl (C=O) groups is 3. The molecule has 0 saturated carbocycles. The van der Waals surface area contributed by atoms with Crippen molar-refractivity contribution in [3.63, 3.8) is 0 Å². The van der Waals surface area contributed by atoms with E-state index in [2.05, 4.69) is 20.9 Å². The molecule has 2 aromatic heterocycles. The standard InChI is InChI=1S/C37H28N4O4S2/c42-34(27-14-8-3-9-15-27)40-31(24-29-18-21-32(45-29)25-10-4-1-5-11-25)35(43)39-28-16-19-30(20-17-28)47-33(26-12-6-2-7-13-26)36(44)41-37-38-22-23-46-37/h1-24,33H,(H,39,43)(H,40,42)(H,38,41,44)/b31-24+/t33-/m1/s1. The first-order valence-corrected chi connectivity index (χ1v) is 16.3. The minimum absolute atomic E-state index is 0.00858. The molecule has 0 aliphatic rings. The van der Waals surface area contributed by atoms with Gasteiger partial charge in [0.05, 0.1) is 0 Å². The van der Waals surface area contributed by atoms with Crippen molar-refractivity contribution in [1.82, 2.24) is 10.3 Å². The van der Waals surface area contributed by atoms with Crippen LogP contribution in [0, 0.1) is 0 Å². The maximum Gasteiger partial charge on any atom is 0.272 e. The highest BCUT2D eigenvalue weighted by Crippen LogP contribution is 2.37. The summed E-state index contributed by atoms with van der Waals surface area (Å²) in [4.78, 5) is 44.8. The van der Waals surface area contributed by atoms with Crippen LogP contribution in [0.3, 0.4) is 0 Å². The van der Waals surface area contributed by atoms with Crippen LogP contribution in [0.4, 0.5) is 10.8 Å². The molecule has 2 heterocycles. The van der Waals surface area contributed by atoms with Gasteiger partial charge in [0.15, 0.2) is 5.13 Å². The molecule has 0 spiro atoms. The minimum atomic E-state index is -0.530. The average Bonchev–Trinajstić information content (AvgIpc) is 3.81. The monoisotopic (exact) mass is 656 g/mol. The number of hydrogen-bond acceptors (Lipinski definition) is 7. The van der Waals surface area contributed by atoms with Crippen molar-refractivity contribution in [3.8, 4) is 11.3 Å². The van der Waals surface area contributed by atoms with Crippen molar-refractivity contribution in [1.29, 1.82) is 0 Å². The zero-order chi connectivity index (χ0) is 32.4. The number of hydrogen-bond donors (Lipinski definition) is 3. The van der Waals surface area contributed by atoms with Crippen LogP contribution < -0.4 is 16.0 Å². The Labute approximate surface area is 279 Å². The van der Waals surface area contributed by atoms with E-state index in [0.29, 0.717) is 27.9 Å². The van der Waals surface area contributed by atoms with Crippen LogP contribution >= 0.6 is 23.1 Å². The summed E-state index contributed by atoms with van der Waals surface area (Å²) in [7, 11) is 0. The highest BCUT2D eigenvalue weighted by atomic mass is 32.2. The van der Waals surface area contributed by atoms with E-state index in [1.807, 2.05) is 84.9 Å². The number of aromatic nitrogens is 1. The molecule has 0 radical (unpaired) electrons. The van der Waals surface area contributed by atoms with E-state index < -0.39 is 17.1 Å². The van der Waals surface area contributed by atoms with Crippen molar-refractivity contribution in [2.24, 2.45) is 0 Å². The summed E-state index contributed by atoms with van der Waals surface area (Å²) in [6.45, 7) is 0. The molecule has 0 saturated heterocycles. The lowest BCUT2D eigenvalue weighted by molar-refractivity contribution is -0.116. The van der Waals surface area contributed by atoms with E-state index in [1.165, 1.54) is 29.2 Å². The molecule has 6 aromatic rings. The van der Waals surface area contributed by atoms with Gasteiger partial charge in [0, 0.05) is 39.4 Å². The third kappa shape index (κ3) is 8.31. The zero-order valence-corrected chi connectivity index (χ0v) is 26.5. The van der Waals surface area contributed by atoms with Crippen LogP contribution in [0.25, 0.3) is 17.4 Å². The topological polar surface area (TPSA) is 113 Å². The Morgan fingerprint density at radius 3 is 2.13 bits per heavy atom. The van der Waals surface area contributed by atoms with Gasteiger partial charge in [-0.2, -0.15) is 0 Å². The minimum Gasteiger partial charge on any atom is -0.457 e. The van der Waals surface area contributed by atoms with Crippen LogP contribution in [-0.4, -0.2) is 22.7 Å². The van der Waals surface area contributed by atoms with Gasteiger partial charge in [-0.25, -0.2) is 4.98 Å². The SMILES string of the molecule is O=C(Nc1ccc(S[C@@H](C(=O)Nc2nccs2)c2ccccc2)cc1)/C(=C\c1ccc(-c2ccccc2)o1)NC(=O)c1ccccc1. The number of nitrogens with zero attached hydrogens (tertiary/aromatic N) is 1. The normalized spacial score (nSPS) is 11.8. The number of amides is 3. The first-order chi connectivity index (χ1) is 23.0. The van der Waals surface area contributed by atoms with Gasteiger partial charge < -0.3 is 20.4 Å². The van der Waals surface area contributed by atoms with E-state index in [0.717, 1.165) is 16.0 Å². The van der Waals surface area contributed by atoms with Gasteiger partial charge in [0.25, 0.3) is 11.8 Å². The summed E-state index contributed by atoms with van der Waals surface area (Å²) in [5.74, 6) is -0.120. The molecule has 8 nitrogen and oxygen atoms in total. The number of rotatable bonds is 11. The summed E-state index contributed by atoms with van der Waals surface area (Å²) in [6.07, 6.45) is 3.14. The predicted octanol–water partition coefficient (Wildman–Crippen LogP) is 8.28. The maximum atomic E-state index is 13.6. The fourth-order valence-electron chi connectivity index (χ4n) is 4.58. The van der Waals surface area contributed by atoms with Crippen LogP contribution in [0.2, 0.25) is 0 Å². The lowest BCUT2D eigenvalue weighted by Crippen LogP contribution is -2.30. The molecule has 232 valence electrons. The van der Waals surface area contributed by atoms with E-state index in [9.17, 15) is 14.4 Å². The number of anilines is 2. The third-order valence-electron chi connectivity index (χ3n) is 6.87. The summed E-state index contributed by atoms with van der Waals surface area (Å²) in [6, 6.07) is 38.5. The van der Waals surface area contributed by atoms with Crippen molar-refractivity contribution < 1.29 is 18.8 Å². The highest BCUT2D eigenvalue weighted by Gasteiger charge is 2.23. The average molecular weight is 657 g/mol. The predicted molar refractivity (Wildman–Crippen MR) is 187 cm³/mol. The Balaban J connectivity index is 1.20. The second kappa shape index (κ2) is 15.0.